The third-order valence-corrected chi connectivity index (χ3v) is 7.52. The summed E-state index contributed by atoms with van der Waals surface area (Å²) < 4.78 is 0. The monoisotopic (exact) mass is 432 g/mol. The van der Waals surface area contributed by atoms with Gasteiger partial charge in [-0.05, 0) is 60.8 Å². The molecule has 4 rings (SSSR count). The number of hydrogen-bond donors (Lipinski definition) is 1. The maximum atomic E-state index is 12.9. The topological polar surface area (TPSA) is 66.5 Å². The van der Waals surface area contributed by atoms with Crippen molar-refractivity contribution in [3.63, 3.8) is 0 Å². The van der Waals surface area contributed by atoms with Gasteiger partial charge in [-0.15, -0.1) is 0 Å². The maximum Gasteiger partial charge on any atom is 0.252 e. The molecule has 5 nitrogen and oxygen atoms in total. The van der Waals surface area contributed by atoms with E-state index in [-0.39, 0.29) is 29.6 Å². The molecule has 0 aromatic heterocycles. The minimum Gasteiger partial charge on any atom is -0.343 e. The molecular weight excluding hydrogens is 400 g/mol. The summed E-state index contributed by atoms with van der Waals surface area (Å²) in [5.41, 5.74) is 3.59. The summed E-state index contributed by atoms with van der Waals surface area (Å²) in [5, 5.41) is 2.83. The Morgan fingerprint density at radius 1 is 0.938 bits per heavy atom. The number of rotatable bonds is 5. The quantitative estimate of drug-likeness (QED) is 0.782. The van der Waals surface area contributed by atoms with Crippen molar-refractivity contribution < 1.29 is 14.4 Å². The minimum absolute atomic E-state index is 0.0235. The number of amides is 2. The number of Topliss-reactive ketones (excluding diaryl/α,β-unsaturated/α-hetero) is 1. The first-order chi connectivity index (χ1) is 15.2. The number of benzene rings is 2. The van der Waals surface area contributed by atoms with Gasteiger partial charge in [-0.1, -0.05) is 56.3 Å². The van der Waals surface area contributed by atoms with E-state index < -0.39 is 5.41 Å². The fourth-order valence-electron chi connectivity index (χ4n) is 5.38. The van der Waals surface area contributed by atoms with Crippen LogP contribution in [0, 0.1) is 0 Å². The molecule has 0 atom stereocenters. The Balaban J connectivity index is 1.38. The molecular formula is C27H32N2O3. The first kappa shape index (κ1) is 22.3. The molecule has 0 radical (unpaired) electrons. The van der Waals surface area contributed by atoms with Gasteiger partial charge in [-0.25, -0.2) is 0 Å². The average Bonchev–Trinajstić information content (AvgIpc) is 3.12. The summed E-state index contributed by atoms with van der Waals surface area (Å²) in [7, 11) is 0. The number of nitrogens with zero attached hydrogens (tertiary/aromatic N) is 1. The van der Waals surface area contributed by atoms with Crippen LogP contribution in [-0.4, -0.2) is 42.1 Å². The largest absolute Gasteiger partial charge is 0.343 e. The number of nitrogens with one attached hydrogen (secondary N) is 1. The smallest absolute Gasteiger partial charge is 0.252 e. The summed E-state index contributed by atoms with van der Waals surface area (Å²) in [4.78, 5) is 40.0. The van der Waals surface area contributed by atoms with E-state index >= 15 is 0 Å². The van der Waals surface area contributed by atoms with Gasteiger partial charge in [0.15, 0.2) is 0 Å². The second kappa shape index (κ2) is 8.53. The van der Waals surface area contributed by atoms with Gasteiger partial charge in [0, 0.05) is 18.7 Å². The third-order valence-electron chi connectivity index (χ3n) is 7.52. The number of likely N-dealkylation sites (tertiary alicyclic amines) is 1. The van der Waals surface area contributed by atoms with E-state index in [0.29, 0.717) is 31.5 Å². The Bertz CT molecular complexity index is 1030. The Kier molecular flexibility index (Phi) is 5.93. The van der Waals surface area contributed by atoms with Crippen LogP contribution in [0.1, 0.15) is 67.1 Å². The lowest BCUT2D eigenvalue weighted by Gasteiger charge is -2.40. The zero-order valence-corrected chi connectivity index (χ0v) is 19.2. The molecule has 1 saturated heterocycles. The van der Waals surface area contributed by atoms with Crippen molar-refractivity contribution in [3.05, 3.63) is 70.8 Å². The van der Waals surface area contributed by atoms with Crippen LogP contribution in [-0.2, 0) is 26.8 Å². The van der Waals surface area contributed by atoms with Crippen molar-refractivity contribution >= 4 is 17.6 Å². The molecule has 2 aliphatic rings. The van der Waals surface area contributed by atoms with Crippen LogP contribution in [0.25, 0.3) is 0 Å². The molecule has 32 heavy (non-hydrogen) atoms. The van der Waals surface area contributed by atoms with E-state index in [1.165, 1.54) is 5.56 Å². The molecule has 5 heteroatoms. The Hall–Kier alpha value is -2.95. The van der Waals surface area contributed by atoms with Gasteiger partial charge in [0.05, 0.1) is 12.0 Å². The van der Waals surface area contributed by atoms with Crippen LogP contribution < -0.4 is 5.32 Å². The molecule has 2 aromatic rings. The van der Waals surface area contributed by atoms with Gasteiger partial charge in [-0.2, -0.15) is 0 Å². The summed E-state index contributed by atoms with van der Waals surface area (Å²) in [6, 6.07) is 15.7. The van der Waals surface area contributed by atoms with Crippen LogP contribution in [0.3, 0.4) is 0 Å². The van der Waals surface area contributed by atoms with Crippen LogP contribution >= 0.6 is 0 Å². The van der Waals surface area contributed by atoms with Gasteiger partial charge in [0.2, 0.25) is 5.91 Å². The number of ketones is 1. The Morgan fingerprint density at radius 2 is 1.62 bits per heavy atom. The molecule has 0 spiro atoms. The van der Waals surface area contributed by atoms with Crippen molar-refractivity contribution in [3.8, 4) is 0 Å². The van der Waals surface area contributed by atoms with E-state index in [1.54, 1.807) is 11.8 Å². The molecule has 1 heterocycles. The van der Waals surface area contributed by atoms with Crippen molar-refractivity contribution in [2.75, 3.05) is 19.6 Å². The van der Waals surface area contributed by atoms with E-state index in [9.17, 15) is 14.4 Å². The number of piperidine rings is 1. The first-order valence-electron chi connectivity index (χ1n) is 11.5. The minimum atomic E-state index is -0.529. The summed E-state index contributed by atoms with van der Waals surface area (Å²) in [5.74, 6) is -0.145. The predicted octanol–water partition coefficient (Wildman–Crippen LogP) is 3.79. The number of fused-ring (bicyclic) bond motifs is 1. The zero-order chi connectivity index (χ0) is 22.9. The van der Waals surface area contributed by atoms with Gasteiger partial charge in [0.1, 0.15) is 5.78 Å². The Labute approximate surface area is 190 Å². The normalized spacial score (nSPS) is 18.7. The molecule has 1 aliphatic heterocycles. The summed E-state index contributed by atoms with van der Waals surface area (Å²) in [6.07, 6.45) is 3.12. The summed E-state index contributed by atoms with van der Waals surface area (Å²) >= 11 is 0. The lowest BCUT2D eigenvalue weighted by Crippen LogP contribution is -2.50. The highest BCUT2D eigenvalue weighted by molar-refractivity contribution is 5.98. The molecule has 1 fully saturated rings. The van der Waals surface area contributed by atoms with E-state index in [4.69, 9.17) is 0 Å². The molecule has 1 N–H and O–H groups in total. The molecule has 0 unspecified atom stereocenters. The molecule has 2 amide bonds. The summed E-state index contributed by atoms with van der Waals surface area (Å²) in [6.45, 7) is 7.05. The number of carbonyl (C=O) groups is 3. The molecule has 1 aliphatic carbocycles. The van der Waals surface area contributed by atoms with Gasteiger partial charge < -0.3 is 10.2 Å². The molecule has 0 saturated carbocycles. The molecule has 0 bridgehead atoms. The predicted molar refractivity (Wildman–Crippen MR) is 125 cm³/mol. The van der Waals surface area contributed by atoms with Crippen molar-refractivity contribution in [1.29, 1.82) is 0 Å². The Morgan fingerprint density at radius 3 is 2.28 bits per heavy atom. The first-order valence-corrected chi connectivity index (χ1v) is 11.5. The van der Waals surface area contributed by atoms with Crippen molar-refractivity contribution in [1.82, 2.24) is 10.2 Å². The van der Waals surface area contributed by atoms with E-state index in [1.807, 2.05) is 42.5 Å². The SMILES string of the molecule is CC(=O)C1(c2ccccc2)CCN(C(=O)CNC(=O)c2cccc3c2CCC3(C)C)CC1. The zero-order valence-electron chi connectivity index (χ0n) is 19.2. The van der Waals surface area contributed by atoms with Crippen molar-refractivity contribution in [2.24, 2.45) is 0 Å². The standard InChI is InChI=1S/C27H32N2O3/c1-19(30)27(20-8-5-4-6-9-20)14-16-29(17-15-27)24(31)18-28-25(32)22-10-7-11-23-21(22)12-13-26(23,2)3/h4-11H,12-18H2,1-3H3,(H,28,32). The fourth-order valence-corrected chi connectivity index (χ4v) is 5.38. The third kappa shape index (κ3) is 3.96. The van der Waals surface area contributed by atoms with Gasteiger partial charge in [0.25, 0.3) is 5.91 Å². The lowest BCUT2D eigenvalue weighted by molar-refractivity contribution is -0.134. The maximum absolute atomic E-state index is 12.9. The van der Waals surface area contributed by atoms with Gasteiger partial charge in [-0.3, -0.25) is 14.4 Å². The average molecular weight is 433 g/mol. The van der Waals surface area contributed by atoms with Gasteiger partial charge >= 0.3 is 0 Å². The van der Waals surface area contributed by atoms with Crippen LogP contribution in [0.2, 0.25) is 0 Å². The van der Waals surface area contributed by atoms with E-state index in [0.717, 1.165) is 24.0 Å². The van der Waals surface area contributed by atoms with Crippen LogP contribution in [0.15, 0.2) is 48.5 Å². The van der Waals surface area contributed by atoms with E-state index in [2.05, 4.69) is 25.2 Å². The highest BCUT2D eigenvalue weighted by atomic mass is 16.2. The molecule has 168 valence electrons. The number of hydrogen-bond acceptors (Lipinski definition) is 3. The van der Waals surface area contributed by atoms with Crippen molar-refractivity contribution in [2.45, 2.75) is 57.3 Å². The number of carbonyl (C=O) groups excluding carboxylic acids is 3. The second-order valence-electron chi connectivity index (χ2n) is 9.78. The molecule has 2 aromatic carbocycles. The fraction of sp³-hybridized carbons (Fsp3) is 0.444. The lowest BCUT2D eigenvalue weighted by atomic mass is 9.70. The van der Waals surface area contributed by atoms with Crippen LogP contribution in [0.4, 0.5) is 0 Å². The highest BCUT2D eigenvalue weighted by Crippen LogP contribution is 2.40. The van der Waals surface area contributed by atoms with Crippen LogP contribution in [0.5, 0.6) is 0 Å². The highest BCUT2D eigenvalue weighted by Gasteiger charge is 2.41. The second-order valence-corrected chi connectivity index (χ2v) is 9.78.